The maximum absolute atomic E-state index is 3.58. The molecule has 0 aromatic heterocycles. The second-order valence-electron chi connectivity index (χ2n) is 5.93. The minimum absolute atomic E-state index is 0.266. The third kappa shape index (κ3) is 6.47. The normalized spacial score (nSPS) is 20.8. The van der Waals surface area contributed by atoms with Gasteiger partial charge in [0.25, 0.3) is 0 Å². The highest BCUT2D eigenvalue weighted by atomic mass is 32.2. The molecule has 1 atom stereocenters. The molecule has 1 unspecified atom stereocenters. The van der Waals surface area contributed by atoms with Crippen LogP contribution in [0.25, 0.3) is 0 Å². The third-order valence-corrected chi connectivity index (χ3v) is 4.41. The molecule has 1 rings (SSSR count). The minimum Gasteiger partial charge on any atom is -0.311 e. The fourth-order valence-electron chi connectivity index (χ4n) is 1.99. The molecule has 2 heteroatoms. The van der Waals surface area contributed by atoms with Crippen LogP contribution in [-0.2, 0) is 0 Å². The summed E-state index contributed by atoms with van der Waals surface area (Å²) in [5.41, 5.74) is 0.266. The Morgan fingerprint density at radius 2 is 1.87 bits per heavy atom. The van der Waals surface area contributed by atoms with Crippen LogP contribution >= 0.6 is 11.8 Å². The Kier molecular flexibility index (Phi) is 5.48. The lowest BCUT2D eigenvalue weighted by Gasteiger charge is -2.23. The molecule has 0 aromatic carbocycles. The van der Waals surface area contributed by atoms with Crippen LogP contribution in [0, 0.1) is 5.92 Å². The lowest BCUT2D eigenvalue weighted by atomic mass is 10.1. The number of thioether (sulfide) groups is 1. The number of hydrogen-bond acceptors (Lipinski definition) is 2. The van der Waals surface area contributed by atoms with Gasteiger partial charge in [-0.3, -0.25) is 0 Å². The zero-order valence-electron chi connectivity index (χ0n) is 10.8. The standard InChI is InChI=1S/C13H27NS/c1-11(9-14-13(2,3)4)15-10-12-7-5-6-8-12/h11-12,14H,5-10H2,1-4H3. The summed E-state index contributed by atoms with van der Waals surface area (Å²) in [5, 5.41) is 4.33. The fraction of sp³-hybridized carbons (Fsp3) is 1.00. The van der Waals surface area contributed by atoms with Gasteiger partial charge in [0.15, 0.2) is 0 Å². The lowest BCUT2D eigenvalue weighted by molar-refractivity contribution is 0.429. The molecule has 15 heavy (non-hydrogen) atoms. The molecular weight excluding hydrogens is 202 g/mol. The lowest BCUT2D eigenvalue weighted by Crippen LogP contribution is -2.39. The molecule has 0 aromatic rings. The molecular formula is C13H27NS. The highest BCUT2D eigenvalue weighted by Crippen LogP contribution is 2.29. The zero-order valence-corrected chi connectivity index (χ0v) is 11.6. The second-order valence-corrected chi connectivity index (χ2v) is 7.40. The van der Waals surface area contributed by atoms with E-state index in [4.69, 9.17) is 0 Å². The van der Waals surface area contributed by atoms with Crippen molar-refractivity contribution in [3.05, 3.63) is 0 Å². The van der Waals surface area contributed by atoms with Crippen molar-refractivity contribution in [2.24, 2.45) is 5.92 Å². The van der Waals surface area contributed by atoms with E-state index >= 15 is 0 Å². The van der Waals surface area contributed by atoms with E-state index in [1.807, 2.05) is 0 Å². The molecule has 1 aliphatic carbocycles. The molecule has 0 aliphatic heterocycles. The van der Waals surface area contributed by atoms with E-state index in [1.54, 1.807) is 0 Å². The first-order chi connectivity index (χ1) is 6.97. The summed E-state index contributed by atoms with van der Waals surface area (Å²) >= 11 is 2.15. The van der Waals surface area contributed by atoms with Crippen LogP contribution in [0.15, 0.2) is 0 Å². The van der Waals surface area contributed by atoms with Gasteiger partial charge in [0.2, 0.25) is 0 Å². The van der Waals surface area contributed by atoms with Gasteiger partial charge in [-0.1, -0.05) is 19.8 Å². The van der Waals surface area contributed by atoms with E-state index < -0.39 is 0 Å². The molecule has 0 radical (unpaired) electrons. The highest BCUT2D eigenvalue weighted by molar-refractivity contribution is 7.99. The van der Waals surface area contributed by atoms with Gasteiger partial charge < -0.3 is 5.32 Å². The van der Waals surface area contributed by atoms with E-state index in [0.717, 1.165) is 17.7 Å². The average molecular weight is 229 g/mol. The smallest absolute Gasteiger partial charge is 0.0144 e. The Balaban J connectivity index is 2.05. The van der Waals surface area contributed by atoms with Crippen molar-refractivity contribution in [1.82, 2.24) is 5.32 Å². The Hall–Kier alpha value is 0.310. The van der Waals surface area contributed by atoms with Crippen LogP contribution in [0.1, 0.15) is 53.4 Å². The molecule has 1 fully saturated rings. The molecule has 1 nitrogen and oxygen atoms in total. The Morgan fingerprint density at radius 3 is 2.40 bits per heavy atom. The van der Waals surface area contributed by atoms with E-state index in [1.165, 1.54) is 31.4 Å². The first-order valence-corrected chi connectivity index (χ1v) is 7.39. The summed E-state index contributed by atoms with van der Waals surface area (Å²) in [5.74, 6) is 2.40. The highest BCUT2D eigenvalue weighted by Gasteiger charge is 2.17. The SMILES string of the molecule is CC(CNC(C)(C)C)SCC1CCCC1. The predicted molar refractivity (Wildman–Crippen MR) is 71.6 cm³/mol. The van der Waals surface area contributed by atoms with Crippen LogP contribution in [0.5, 0.6) is 0 Å². The van der Waals surface area contributed by atoms with Crippen molar-refractivity contribution in [2.75, 3.05) is 12.3 Å². The first kappa shape index (κ1) is 13.4. The zero-order chi connectivity index (χ0) is 11.3. The molecule has 1 saturated carbocycles. The number of nitrogens with one attached hydrogen (secondary N) is 1. The van der Waals surface area contributed by atoms with Gasteiger partial charge in [0, 0.05) is 17.3 Å². The van der Waals surface area contributed by atoms with E-state index in [0.29, 0.717) is 0 Å². The average Bonchev–Trinajstić information content (AvgIpc) is 2.62. The maximum atomic E-state index is 3.58. The van der Waals surface area contributed by atoms with E-state index in [2.05, 4.69) is 44.8 Å². The molecule has 1 aliphatic rings. The van der Waals surface area contributed by atoms with Gasteiger partial charge in [-0.05, 0) is 45.3 Å². The van der Waals surface area contributed by atoms with Crippen LogP contribution in [0.4, 0.5) is 0 Å². The van der Waals surface area contributed by atoms with Crippen molar-refractivity contribution in [1.29, 1.82) is 0 Å². The van der Waals surface area contributed by atoms with Crippen LogP contribution in [0.2, 0.25) is 0 Å². The molecule has 0 spiro atoms. The van der Waals surface area contributed by atoms with Gasteiger partial charge in [0.1, 0.15) is 0 Å². The quantitative estimate of drug-likeness (QED) is 0.772. The predicted octanol–water partition coefficient (Wildman–Crippen LogP) is 3.69. The Morgan fingerprint density at radius 1 is 1.27 bits per heavy atom. The van der Waals surface area contributed by atoms with Gasteiger partial charge in [-0.25, -0.2) is 0 Å². The van der Waals surface area contributed by atoms with Crippen molar-refractivity contribution < 1.29 is 0 Å². The van der Waals surface area contributed by atoms with E-state index in [9.17, 15) is 0 Å². The van der Waals surface area contributed by atoms with Gasteiger partial charge in [-0.15, -0.1) is 0 Å². The van der Waals surface area contributed by atoms with Crippen LogP contribution in [-0.4, -0.2) is 23.1 Å². The summed E-state index contributed by atoms with van der Waals surface area (Å²) in [6, 6.07) is 0. The van der Waals surface area contributed by atoms with Gasteiger partial charge >= 0.3 is 0 Å². The first-order valence-electron chi connectivity index (χ1n) is 6.34. The molecule has 90 valence electrons. The summed E-state index contributed by atoms with van der Waals surface area (Å²) in [7, 11) is 0. The maximum Gasteiger partial charge on any atom is 0.0144 e. The molecule has 0 saturated heterocycles. The minimum atomic E-state index is 0.266. The molecule has 0 amide bonds. The molecule has 0 heterocycles. The van der Waals surface area contributed by atoms with Crippen molar-refractivity contribution >= 4 is 11.8 Å². The van der Waals surface area contributed by atoms with Crippen molar-refractivity contribution in [3.63, 3.8) is 0 Å². The van der Waals surface area contributed by atoms with E-state index in [-0.39, 0.29) is 5.54 Å². The number of hydrogen-bond donors (Lipinski definition) is 1. The molecule has 0 bridgehead atoms. The Bertz CT molecular complexity index is 168. The third-order valence-electron chi connectivity index (χ3n) is 3.01. The topological polar surface area (TPSA) is 12.0 Å². The van der Waals surface area contributed by atoms with Crippen LogP contribution in [0.3, 0.4) is 0 Å². The van der Waals surface area contributed by atoms with Gasteiger partial charge in [-0.2, -0.15) is 11.8 Å². The molecule has 1 N–H and O–H groups in total. The summed E-state index contributed by atoms with van der Waals surface area (Å²) in [4.78, 5) is 0. The monoisotopic (exact) mass is 229 g/mol. The van der Waals surface area contributed by atoms with Crippen molar-refractivity contribution in [3.8, 4) is 0 Å². The second kappa shape index (κ2) is 6.15. The fourth-order valence-corrected chi connectivity index (χ4v) is 3.12. The largest absolute Gasteiger partial charge is 0.311 e. The Labute approximate surface area is 99.8 Å². The van der Waals surface area contributed by atoms with Crippen LogP contribution < -0.4 is 5.32 Å². The summed E-state index contributed by atoms with van der Waals surface area (Å²) in [6.45, 7) is 10.2. The summed E-state index contributed by atoms with van der Waals surface area (Å²) in [6.07, 6.45) is 5.90. The summed E-state index contributed by atoms with van der Waals surface area (Å²) < 4.78 is 0. The van der Waals surface area contributed by atoms with Gasteiger partial charge in [0.05, 0.1) is 0 Å². The van der Waals surface area contributed by atoms with Crippen molar-refractivity contribution in [2.45, 2.75) is 64.2 Å². The number of rotatable bonds is 5.